The van der Waals surface area contributed by atoms with Gasteiger partial charge < -0.3 is 5.32 Å². The molecular formula is C5H13N3. The van der Waals surface area contributed by atoms with Crippen molar-refractivity contribution in [1.29, 1.82) is 0 Å². The smallest absolute Gasteiger partial charge is 0.0256 e. The highest BCUT2D eigenvalue weighted by atomic mass is 15.5. The normalized spacial score (nSPS) is 23.6. The van der Waals surface area contributed by atoms with Gasteiger partial charge in [0.2, 0.25) is 0 Å². The molecule has 0 amide bonds. The van der Waals surface area contributed by atoms with E-state index in [1.807, 2.05) is 7.05 Å². The first-order valence-electron chi connectivity index (χ1n) is 3.06. The summed E-state index contributed by atoms with van der Waals surface area (Å²) in [5.41, 5.74) is 3.10. The van der Waals surface area contributed by atoms with Crippen LogP contribution in [0.2, 0.25) is 0 Å². The molecule has 1 saturated heterocycles. The first-order valence-corrected chi connectivity index (χ1v) is 3.06. The molecule has 0 unspecified atom stereocenters. The lowest BCUT2D eigenvalue weighted by atomic mass is 10.4. The van der Waals surface area contributed by atoms with Crippen molar-refractivity contribution in [3.63, 3.8) is 0 Å². The molecular weight excluding hydrogens is 102 g/mol. The molecule has 3 heteroatoms. The summed E-state index contributed by atoms with van der Waals surface area (Å²) >= 11 is 0. The van der Waals surface area contributed by atoms with E-state index < -0.39 is 0 Å². The topological polar surface area (TPSA) is 27.3 Å². The third-order valence-corrected chi connectivity index (χ3v) is 1.43. The third kappa shape index (κ3) is 1.43. The largest absolute Gasteiger partial charge is 0.314 e. The van der Waals surface area contributed by atoms with Gasteiger partial charge in [-0.1, -0.05) is 0 Å². The first kappa shape index (κ1) is 6.01. The van der Waals surface area contributed by atoms with E-state index in [4.69, 9.17) is 0 Å². The van der Waals surface area contributed by atoms with Gasteiger partial charge in [0.05, 0.1) is 0 Å². The van der Waals surface area contributed by atoms with Crippen LogP contribution in [0.3, 0.4) is 0 Å². The third-order valence-electron chi connectivity index (χ3n) is 1.43. The maximum Gasteiger partial charge on any atom is 0.0256 e. The fourth-order valence-corrected chi connectivity index (χ4v) is 0.888. The fraction of sp³-hybridized carbons (Fsp3) is 1.00. The Bertz CT molecular complexity index is 58.7. The molecule has 0 aliphatic carbocycles. The molecule has 0 saturated carbocycles. The Morgan fingerprint density at radius 3 is 2.38 bits per heavy atom. The number of hydrogen-bond acceptors (Lipinski definition) is 3. The predicted octanol–water partition coefficient (Wildman–Crippen LogP) is -0.974. The lowest BCUT2D eigenvalue weighted by molar-refractivity contribution is 0.182. The molecule has 0 aromatic rings. The number of hydrazine groups is 1. The van der Waals surface area contributed by atoms with Gasteiger partial charge in [-0.3, -0.25) is 5.43 Å². The highest BCUT2D eigenvalue weighted by molar-refractivity contribution is 4.61. The van der Waals surface area contributed by atoms with Crippen LogP contribution >= 0.6 is 0 Å². The number of nitrogens with zero attached hydrogens (tertiary/aromatic N) is 1. The molecule has 0 bridgehead atoms. The van der Waals surface area contributed by atoms with Crippen molar-refractivity contribution >= 4 is 0 Å². The van der Waals surface area contributed by atoms with Crippen molar-refractivity contribution in [2.75, 3.05) is 33.2 Å². The second kappa shape index (κ2) is 3.02. The van der Waals surface area contributed by atoms with E-state index in [0.29, 0.717) is 0 Å². The summed E-state index contributed by atoms with van der Waals surface area (Å²) in [5.74, 6) is 0. The molecule has 0 aromatic heterocycles. The van der Waals surface area contributed by atoms with Crippen molar-refractivity contribution in [3.05, 3.63) is 0 Å². The first-order chi connectivity index (χ1) is 3.93. The zero-order chi connectivity index (χ0) is 5.82. The molecule has 1 rings (SSSR count). The number of hydrogen-bond donors (Lipinski definition) is 2. The molecule has 1 aliphatic heterocycles. The Morgan fingerprint density at radius 2 is 2.00 bits per heavy atom. The van der Waals surface area contributed by atoms with Crippen molar-refractivity contribution in [2.24, 2.45) is 0 Å². The fourth-order valence-electron chi connectivity index (χ4n) is 0.888. The number of nitrogens with one attached hydrogen (secondary N) is 2. The van der Waals surface area contributed by atoms with E-state index in [9.17, 15) is 0 Å². The monoisotopic (exact) mass is 115 g/mol. The molecule has 0 spiro atoms. The Kier molecular flexibility index (Phi) is 2.27. The minimum absolute atomic E-state index is 1.11. The molecule has 48 valence electrons. The molecule has 1 fully saturated rings. The SMILES string of the molecule is CNN1CCNCC1. The van der Waals surface area contributed by atoms with Crippen LogP contribution in [0, 0.1) is 0 Å². The lowest BCUT2D eigenvalue weighted by Crippen LogP contribution is -2.48. The summed E-state index contributed by atoms with van der Waals surface area (Å²) in [5, 5.41) is 5.47. The van der Waals surface area contributed by atoms with E-state index in [1.165, 1.54) is 0 Å². The Hall–Kier alpha value is -0.120. The minimum Gasteiger partial charge on any atom is -0.314 e. The van der Waals surface area contributed by atoms with Crippen LogP contribution in [0.15, 0.2) is 0 Å². The summed E-state index contributed by atoms with van der Waals surface area (Å²) in [6, 6.07) is 0. The van der Waals surface area contributed by atoms with Gasteiger partial charge in [-0.2, -0.15) is 0 Å². The second-order valence-electron chi connectivity index (χ2n) is 1.96. The average Bonchev–Trinajstić information content (AvgIpc) is 1.90. The predicted molar refractivity (Wildman–Crippen MR) is 33.5 cm³/mol. The molecule has 1 heterocycles. The second-order valence-corrected chi connectivity index (χ2v) is 1.96. The minimum atomic E-state index is 1.11. The molecule has 0 atom stereocenters. The summed E-state index contributed by atoms with van der Waals surface area (Å²) < 4.78 is 0. The molecule has 2 N–H and O–H groups in total. The highest BCUT2D eigenvalue weighted by Crippen LogP contribution is 1.82. The highest BCUT2D eigenvalue weighted by Gasteiger charge is 2.04. The van der Waals surface area contributed by atoms with Crippen LogP contribution in [0.5, 0.6) is 0 Å². The maximum absolute atomic E-state index is 3.27. The van der Waals surface area contributed by atoms with E-state index in [-0.39, 0.29) is 0 Å². The van der Waals surface area contributed by atoms with Crippen LogP contribution in [0.25, 0.3) is 0 Å². The standard InChI is InChI=1S/C5H13N3/c1-6-8-4-2-7-3-5-8/h6-7H,2-5H2,1H3. The summed E-state index contributed by atoms with van der Waals surface area (Å²) in [4.78, 5) is 0. The Morgan fingerprint density at radius 1 is 1.38 bits per heavy atom. The van der Waals surface area contributed by atoms with Gasteiger partial charge in [-0.15, -0.1) is 0 Å². The Balaban J connectivity index is 2.13. The summed E-state index contributed by atoms with van der Waals surface area (Å²) in [6.07, 6.45) is 0. The van der Waals surface area contributed by atoms with Crippen LogP contribution in [0.4, 0.5) is 0 Å². The van der Waals surface area contributed by atoms with Crippen molar-refractivity contribution < 1.29 is 0 Å². The summed E-state index contributed by atoms with van der Waals surface area (Å²) in [7, 11) is 1.96. The van der Waals surface area contributed by atoms with Crippen molar-refractivity contribution in [3.8, 4) is 0 Å². The van der Waals surface area contributed by atoms with Gasteiger partial charge in [-0.25, -0.2) is 5.01 Å². The van der Waals surface area contributed by atoms with E-state index in [0.717, 1.165) is 26.2 Å². The summed E-state index contributed by atoms with van der Waals surface area (Å²) in [6.45, 7) is 4.47. The quantitative estimate of drug-likeness (QED) is 0.460. The van der Waals surface area contributed by atoms with Gasteiger partial charge in [0.1, 0.15) is 0 Å². The maximum atomic E-state index is 3.27. The van der Waals surface area contributed by atoms with E-state index in [2.05, 4.69) is 15.8 Å². The van der Waals surface area contributed by atoms with E-state index >= 15 is 0 Å². The molecule has 0 radical (unpaired) electrons. The zero-order valence-corrected chi connectivity index (χ0v) is 5.28. The van der Waals surface area contributed by atoms with Crippen LogP contribution < -0.4 is 10.7 Å². The number of piperazine rings is 1. The van der Waals surface area contributed by atoms with Crippen molar-refractivity contribution in [2.45, 2.75) is 0 Å². The Labute approximate surface area is 50.0 Å². The van der Waals surface area contributed by atoms with Crippen LogP contribution in [0.1, 0.15) is 0 Å². The van der Waals surface area contributed by atoms with Gasteiger partial charge in [0, 0.05) is 26.2 Å². The van der Waals surface area contributed by atoms with Gasteiger partial charge in [0.15, 0.2) is 0 Å². The lowest BCUT2D eigenvalue weighted by Gasteiger charge is -2.25. The molecule has 3 nitrogen and oxygen atoms in total. The molecule has 0 aromatic carbocycles. The van der Waals surface area contributed by atoms with E-state index in [1.54, 1.807) is 0 Å². The molecule has 8 heavy (non-hydrogen) atoms. The number of rotatable bonds is 1. The van der Waals surface area contributed by atoms with Crippen LogP contribution in [-0.4, -0.2) is 38.2 Å². The average molecular weight is 115 g/mol. The van der Waals surface area contributed by atoms with Gasteiger partial charge in [0.25, 0.3) is 0 Å². The van der Waals surface area contributed by atoms with Gasteiger partial charge >= 0.3 is 0 Å². The van der Waals surface area contributed by atoms with Gasteiger partial charge in [-0.05, 0) is 7.05 Å². The molecule has 1 aliphatic rings. The van der Waals surface area contributed by atoms with Crippen LogP contribution in [-0.2, 0) is 0 Å². The zero-order valence-electron chi connectivity index (χ0n) is 5.28. The van der Waals surface area contributed by atoms with Crippen molar-refractivity contribution in [1.82, 2.24) is 15.8 Å².